The summed E-state index contributed by atoms with van der Waals surface area (Å²) < 4.78 is 27.8. The Morgan fingerprint density at radius 1 is 0.911 bits per heavy atom. The van der Waals surface area contributed by atoms with Gasteiger partial charge in [0, 0.05) is 99.3 Å². The molecule has 19 nitrogen and oxygen atoms in total. The molecule has 4 aromatic carbocycles. The number of rotatable bonds is 19. The van der Waals surface area contributed by atoms with Crippen LogP contribution in [-0.4, -0.2) is 150 Å². The number of hydrazone groups is 1. The van der Waals surface area contributed by atoms with Gasteiger partial charge >= 0.3 is 0 Å². The molecule has 20 heteroatoms. The smallest absolute Gasteiger partial charge is 0.298 e. The normalized spacial score (nSPS) is 17.5. The Balaban J connectivity index is 0.819. The van der Waals surface area contributed by atoms with E-state index in [1.54, 1.807) is 30.4 Å². The van der Waals surface area contributed by atoms with Crippen LogP contribution in [0.15, 0.2) is 90.8 Å². The summed E-state index contributed by atoms with van der Waals surface area (Å²) in [5.74, 6) is 1.84. The van der Waals surface area contributed by atoms with Crippen LogP contribution in [0.5, 0.6) is 11.5 Å². The van der Waals surface area contributed by atoms with Gasteiger partial charge in [0.1, 0.15) is 30.1 Å². The number of carbonyl (C=O) groups excluding carboxylic acids is 2. The summed E-state index contributed by atoms with van der Waals surface area (Å²) in [5, 5.41) is 26.1. The molecule has 3 N–H and O–H groups in total. The van der Waals surface area contributed by atoms with Crippen molar-refractivity contribution in [2.45, 2.75) is 78.3 Å². The molecular weight excluding hydrogens is 1020 g/mol. The lowest BCUT2D eigenvalue weighted by molar-refractivity contribution is -0.122. The second-order valence-electron chi connectivity index (χ2n) is 21.2. The molecule has 6 heterocycles. The van der Waals surface area contributed by atoms with E-state index in [9.17, 15) is 14.2 Å². The highest BCUT2D eigenvalue weighted by Crippen LogP contribution is 2.44. The number of carbonyl (C=O) groups is 2. The topological polar surface area (TPSA) is 191 Å². The molecule has 1 atom stereocenters. The van der Waals surface area contributed by atoms with Crippen molar-refractivity contribution in [2.24, 2.45) is 5.10 Å². The van der Waals surface area contributed by atoms with E-state index in [1.165, 1.54) is 11.3 Å². The molecule has 6 aromatic rings. The molecule has 1 amide bonds. The van der Waals surface area contributed by atoms with E-state index in [4.69, 9.17) is 19.4 Å². The number of likely N-dealkylation sites (N-methyl/N-ethyl adjacent to an activating group) is 1. The Bertz CT molecular complexity index is 3370. The summed E-state index contributed by atoms with van der Waals surface area (Å²) in [5.41, 5.74) is 11.9. The van der Waals surface area contributed by atoms with Crippen LogP contribution >= 0.6 is 7.14 Å². The molecule has 0 spiro atoms. The fourth-order valence-corrected chi connectivity index (χ4v) is 13.1. The fourth-order valence-electron chi connectivity index (χ4n) is 11.6. The van der Waals surface area contributed by atoms with Crippen molar-refractivity contribution < 1.29 is 23.6 Å². The van der Waals surface area contributed by atoms with Crippen LogP contribution in [0.25, 0.3) is 22.4 Å². The lowest BCUT2D eigenvalue weighted by Gasteiger charge is -2.43. The number of amides is 1. The predicted molar refractivity (Wildman–Crippen MR) is 316 cm³/mol. The third-order valence-corrected chi connectivity index (χ3v) is 17.5. The maximum absolute atomic E-state index is 14.2. The Hall–Kier alpha value is -7.60. The number of benzene rings is 4. The average Bonchev–Trinajstić information content (AvgIpc) is 4.00. The van der Waals surface area contributed by atoms with Crippen molar-refractivity contribution >= 4 is 82.3 Å². The second kappa shape index (κ2) is 23.4. The van der Waals surface area contributed by atoms with E-state index < -0.39 is 7.14 Å². The van der Waals surface area contributed by atoms with E-state index in [0.717, 1.165) is 128 Å². The number of ether oxygens (including phenoxy) is 2. The molecule has 0 aliphatic carbocycles. The number of hydrogen-bond acceptors (Lipinski definition) is 17. The van der Waals surface area contributed by atoms with Crippen LogP contribution in [0, 0.1) is 6.92 Å². The van der Waals surface area contributed by atoms with Gasteiger partial charge in [0.25, 0.3) is 6.47 Å². The first-order chi connectivity index (χ1) is 38.2. The molecule has 0 saturated carbocycles. The number of para-hydroxylation sites is 1. The highest BCUT2D eigenvalue weighted by molar-refractivity contribution is 7.70. The molecule has 0 bridgehead atoms. The summed E-state index contributed by atoms with van der Waals surface area (Å²) >= 11 is 0. The number of hydrogen-bond donors (Lipinski definition) is 3. The zero-order valence-corrected chi connectivity index (χ0v) is 47.5. The number of piperazine rings is 1. The van der Waals surface area contributed by atoms with Crippen LogP contribution < -0.4 is 40.5 Å². The standard InChI is InChI=1S/C59H73N14O5P/c1-10-41-32-48(64-59-60-36-53(73-49-16-14-13-15-46(49)66-67-73)57(65-59)63-47-19-18-44-40(6)72(11-2)61-35-45(44)56(47)79(8,9)76)54(77-12-3)34-51(41)71-25-22-43(23-26-71)70-29-27-69(28-30-70)24-21-42-33-55(78-37-74)52(31-38(42)4)68(7)50-20-17-39(5)62-58(50)75/h13-16,18-19,31-37,43,50H,5-6,10-12,17,20-30H2,1-4,7-9H3,(H,62,75)(H2,60,63,64,65). The Morgan fingerprint density at radius 3 is 2.42 bits per heavy atom. The van der Waals surface area contributed by atoms with Crippen molar-refractivity contribution in [3.63, 3.8) is 0 Å². The highest BCUT2D eigenvalue weighted by atomic mass is 31.2. The summed E-state index contributed by atoms with van der Waals surface area (Å²) in [6.45, 7) is 28.4. The van der Waals surface area contributed by atoms with Gasteiger partial charge in [-0.2, -0.15) is 10.1 Å². The number of fused-ring (bicyclic) bond motifs is 2. The zero-order chi connectivity index (χ0) is 55.5. The SMILES string of the molecule is C=C1CCC(N(C)c2cc(C)c(CCN3CCN(C4CCN(c5cc(OCC)c(Nc6ncc(-n7nnc8ccccc87)c(Nc7ccc8c(c7P(C)(C)=O)C=NN(CC)C8=C)n6)cc5CC)CC4)CC3)cc2OC=O)C(=O)N1. The Morgan fingerprint density at radius 2 is 1.70 bits per heavy atom. The first-order valence-corrected chi connectivity index (χ1v) is 30.2. The number of nitrogens with zero attached hydrogens (tertiary/aromatic N) is 11. The van der Waals surface area contributed by atoms with Gasteiger partial charge in [0.15, 0.2) is 11.6 Å². The largest absolute Gasteiger partial charge is 0.492 e. The van der Waals surface area contributed by atoms with Crippen LogP contribution in [0.2, 0.25) is 0 Å². The van der Waals surface area contributed by atoms with E-state index in [-0.39, 0.29) is 11.9 Å². The van der Waals surface area contributed by atoms with Crippen molar-refractivity contribution in [1.82, 2.24) is 45.1 Å². The molecule has 79 heavy (non-hydrogen) atoms. The molecule has 4 aliphatic heterocycles. The molecule has 4 aliphatic rings. The maximum atomic E-state index is 14.2. The average molecular weight is 1090 g/mol. The van der Waals surface area contributed by atoms with Crippen LogP contribution in [-0.2, 0) is 27.0 Å². The number of nitrogens with one attached hydrogen (secondary N) is 3. The van der Waals surface area contributed by atoms with E-state index in [0.29, 0.717) is 78.5 Å². The third kappa shape index (κ3) is 11.5. The van der Waals surface area contributed by atoms with Crippen LogP contribution in [0.4, 0.5) is 34.5 Å². The lowest BCUT2D eigenvalue weighted by Crippen LogP contribution is -2.53. The first-order valence-electron chi connectivity index (χ1n) is 27.6. The second-order valence-corrected chi connectivity index (χ2v) is 24.3. The molecule has 0 radical (unpaired) electrons. The zero-order valence-electron chi connectivity index (χ0n) is 46.6. The number of piperidine rings is 2. The first kappa shape index (κ1) is 54.7. The minimum absolute atomic E-state index is 0.0965. The third-order valence-electron chi connectivity index (χ3n) is 15.9. The van der Waals surface area contributed by atoms with Gasteiger partial charge in [-0.25, -0.2) is 9.67 Å². The summed E-state index contributed by atoms with van der Waals surface area (Å²) in [6.07, 6.45) is 8.63. The van der Waals surface area contributed by atoms with Gasteiger partial charge in [0.05, 0.1) is 47.3 Å². The van der Waals surface area contributed by atoms with Gasteiger partial charge in [-0.1, -0.05) is 43.5 Å². The molecule has 2 aromatic heterocycles. The number of anilines is 6. The summed E-state index contributed by atoms with van der Waals surface area (Å²) in [7, 11) is -1.04. The molecule has 3 saturated heterocycles. The van der Waals surface area contributed by atoms with Gasteiger partial charge < -0.3 is 44.7 Å². The van der Waals surface area contributed by atoms with E-state index in [1.807, 2.05) is 79.3 Å². The van der Waals surface area contributed by atoms with Crippen molar-refractivity contribution in [1.29, 1.82) is 0 Å². The molecule has 1 unspecified atom stereocenters. The van der Waals surface area contributed by atoms with Crippen LogP contribution in [0.1, 0.15) is 74.3 Å². The fraction of sp³-hybridized carbons (Fsp3) is 0.407. The minimum Gasteiger partial charge on any atom is -0.492 e. The number of aryl methyl sites for hydroxylation is 2. The summed E-state index contributed by atoms with van der Waals surface area (Å²) in [4.78, 5) is 44.0. The van der Waals surface area contributed by atoms with E-state index in [2.05, 4.69) is 85.2 Å². The lowest BCUT2D eigenvalue weighted by atomic mass is 9.99. The molecule has 10 rings (SSSR count). The van der Waals surface area contributed by atoms with Crippen LogP contribution in [0.3, 0.4) is 0 Å². The minimum atomic E-state index is -2.92. The molecular formula is C59H73N14O5P. The molecule has 414 valence electrons. The highest BCUT2D eigenvalue weighted by Gasteiger charge is 2.33. The monoisotopic (exact) mass is 1090 g/mol. The van der Waals surface area contributed by atoms with Gasteiger partial charge in [0.2, 0.25) is 11.9 Å². The van der Waals surface area contributed by atoms with Crippen molar-refractivity contribution in [3.8, 4) is 17.2 Å². The number of allylic oxidation sites excluding steroid dienone is 1. The van der Waals surface area contributed by atoms with Crippen molar-refractivity contribution in [3.05, 3.63) is 114 Å². The molecule has 3 fully saturated rings. The van der Waals surface area contributed by atoms with E-state index >= 15 is 0 Å². The number of aromatic nitrogens is 5. The predicted octanol–water partition coefficient (Wildman–Crippen LogP) is 8.45. The summed E-state index contributed by atoms with van der Waals surface area (Å²) in [6, 6.07) is 20.1. The quantitative estimate of drug-likeness (QED) is 0.0517. The van der Waals surface area contributed by atoms with Gasteiger partial charge in [-0.3, -0.25) is 19.5 Å². The maximum Gasteiger partial charge on any atom is 0.298 e. The Kier molecular flexibility index (Phi) is 16.2. The van der Waals surface area contributed by atoms with Gasteiger partial charge in [-0.05, 0) is 126 Å². The van der Waals surface area contributed by atoms with Gasteiger partial charge in [-0.15, -0.1) is 5.10 Å². The van der Waals surface area contributed by atoms with Crippen molar-refractivity contribution in [2.75, 3.05) is 99.8 Å². The Labute approximate surface area is 463 Å².